The van der Waals surface area contributed by atoms with E-state index in [2.05, 4.69) is 20.8 Å². The van der Waals surface area contributed by atoms with E-state index in [0.29, 0.717) is 5.41 Å². The summed E-state index contributed by atoms with van der Waals surface area (Å²) in [5.74, 6) is 1.71. The van der Waals surface area contributed by atoms with Crippen molar-refractivity contribution in [2.75, 3.05) is 0 Å². The lowest BCUT2D eigenvalue weighted by Gasteiger charge is -2.62. The van der Waals surface area contributed by atoms with Gasteiger partial charge in [0.05, 0.1) is 5.60 Å². The minimum absolute atomic E-state index is 0.268. The highest BCUT2D eigenvalue weighted by molar-refractivity contribution is 5.15. The van der Waals surface area contributed by atoms with Crippen LogP contribution in [-0.2, 0) is 0 Å². The van der Waals surface area contributed by atoms with Gasteiger partial charge in [0.1, 0.15) is 0 Å². The molecule has 1 nitrogen and oxygen atoms in total. The minimum atomic E-state index is -0.283. The summed E-state index contributed by atoms with van der Waals surface area (Å²) < 4.78 is 0. The van der Waals surface area contributed by atoms with Crippen LogP contribution < -0.4 is 0 Å². The Morgan fingerprint density at radius 1 is 1.00 bits per heavy atom. The maximum absolute atomic E-state index is 10.6. The molecule has 0 heterocycles. The van der Waals surface area contributed by atoms with E-state index in [1.807, 2.05) is 0 Å². The normalized spacial score (nSPS) is 56.8. The first-order chi connectivity index (χ1) is 6.86. The van der Waals surface area contributed by atoms with Crippen molar-refractivity contribution >= 4 is 0 Å². The Bertz CT molecular complexity index is 296. The average Bonchev–Trinajstić information content (AvgIpc) is 2.46. The van der Waals surface area contributed by atoms with Gasteiger partial charge < -0.3 is 5.11 Å². The number of rotatable bonds is 0. The molecule has 0 aliphatic heterocycles. The molecule has 0 amide bonds. The molecule has 0 radical (unpaired) electrons. The van der Waals surface area contributed by atoms with E-state index < -0.39 is 0 Å². The zero-order valence-electron chi connectivity index (χ0n) is 10.3. The molecule has 3 aliphatic rings. The van der Waals surface area contributed by atoms with Crippen LogP contribution in [0.1, 0.15) is 59.3 Å². The van der Waals surface area contributed by atoms with Crippen molar-refractivity contribution in [2.24, 2.45) is 22.7 Å². The van der Waals surface area contributed by atoms with E-state index in [4.69, 9.17) is 0 Å². The standard InChI is InChI=1S/C14H24O/c1-12(2)8-10-4-5-14(15)7-6-13(14,3)11(10)9-12/h10-11,15H,4-9H2,1-3H3/t10-,11+,13-,14+/m0/s1. The van der Waals surface area contributed by atoms with E-state index in [0.717, 1.165) is 24.7 Å². The Labute approximate surface area is 93.3 Å². The van der Waals surface area contributed by atoms with Gasteiger partial charge in [-0.15, -0.1) is 0 Å². The lowest BCUT2D eigenvalue weighted by Crippen LogP contribution is -2.62. The monoisotopic (exact) mass is 208 g/mol. The Kier molecular flexibility index (Phi) is 1.77. The summed E-state index contributed by atoms with van der Waals surface area (Å²) in [4.78, 5) is 0. The van der Waals surface area contributed by atoms with E-state index in [9.17, 15) is 5.11 Å². The second-order valence-electron chi connectivity index (χ2n) is 7.43. The highest BCUT2D eigenvalue weighted by Gasteiger charge is 2.64. The molecule has 0 bridgehead atoms. The summed E-state index contributed by atoms with van der Waals surface area (Å²) in [5, 5.41) is 10.6. The molecule has 0 aromatic heterocycles. The molecule has 1 heteroatoms. The molecule has 1 N–H and O–H groups in total. The predicted octanol–water partition coefficient (Wildman–Crippen LogP) is 3.36. The van der Waals surface area contributed by atoms with Crippen LogP contribution in [0.25, 0.3) is 0 Å². The number of aliphatic hydroxyl groups is 1. The molecule has 3 saturated carbocycles. The summed E-state index contributed by atoms with van der Waals surface area (Å²) in [6.45, 7) is 7.17. The Morgan fingerprint density at radius 2 is 1.73 bits per heavy atom. The summed E-state index contributed by atoms with van der Waals surface area (Å²) in [6.07, 6.45) is 7.41. The van der Waals surface area contributed by atoms with E-state index in [-0.39, 0.29) is 11.0 Å². The lowest BCUT2D eigenvalue weighted by molar-refractivity contribution is -0.219. The molecular weight excluding hydrogens is 184 g/mol. The zero-order chi connectivity index (χ0) is 10.9. The summed E-state index contributed by atoms with van der Waals surface area (Å²) >= 11 is 0. The smallest absolute Gasteiger partial charge is 0.0704 e. The van der Waals surface area contributed by atoms with Crippen molar-refractivity contribution in [1.29, 1.82) is 0 Å². The molecule has 0 aromatic carbocycles. The average molecular weight is 208 g/mol. The number of hydrogen-bond acceptors (Lipinski definition) is 1. The highest BCUT2D eigenvalue weighted by Crippen LogP contribution is 2.68. The third kappa shape index (κ3) is 1.13. The van der Waals surface area contributed by atoms with Crippen LogP contribution in [0.4, 0.5) is 0 Å². The van der Waals surface area contributed by atoms with Gasteiger partial charge in [-0.25, -0.2) is 0 Å². The van der Waals surface area contributed by atoms with Gasteiger partial charge in [-0.2, -0.15) is 0 Å². The summed E-state index contributed by atoms with van der Waals surface area (Å²) in [7, 11) is 0. The van der Waals surface area contributed by atoms with Crippen LogP contribution in [0.3, 0.4) is 0 Å². The van der Waals surface area contributed by atoms with Gasteiger partial charge >= 0.3 is 0 Å². The minimum Gasteiger partial charge on any atom is -0.389 e. The van der Waals surface area contributed by atoms with Crippen molar-refractivity contribution in [1.82, 2.24) is 0 Å². The molecule has 15 heavy (non-hydrogen) atoms. The van der Waals surface area contributed by atoms with Crippen molar-refractivity contribution in [3.8, 4) is 0 Å². The van der Waals surface area contributed by atoms with Gasteiger partial charge in [0, 0.05) is 0 Å². The first kappa shape index (κ1) is 10.1. The molecule has 0 saturated heterocycles. The van der Waals surface area contributed by atoms with Crippen molar-refractivity contribution in [3.05, 3.63) is 0 Å². The van der Waals surface area contributed by atoms with Crippen LogP contribution in [0.2, 0.25) is 0 Å². The summed E-state index contributed by atoms with van der Waals surface area (Å²) in [6, 6.07) is 0. The van der Waals surface area contributed by atoms with Crippen LogP contribution in [0.15, 0.2) is 0 Å². The van der Waals surface area contributed by atoms with Crippen molar-refractivity contribution < 1.29 is 5.11 Å². The Hall–Kier alpha value is -0.0400. The quantitative estimate of drug-likeness (QED) is 0.647. The molecule has 3 rings (SSSR count). The first-order valence-electron chi connectivity index (χ1n) is 6.59. The Balaban J connectivity index is 1.92. The van der Waals surface area contributed by atoms with Gasteiger partial charge in [0.15, 0.2) is 0 Å². The molecule has 4 atom stereocenters. The van der Waals surface area contributed by atoms with E-state index in [1.165, 1.54) is 25.7 Å². The molecule has 3 aliphatic carbocycles. The lowest BCUT2D eigenvalue weighted by atomic mass is 9.45. The first-order valence-corrected chi connectivity index (χ1v) is 6.59. The van der Waals surface area contributed by atoms with Gasteiger partial charge in [-0.1, -0.05) is 20.8 Å². The summed E-state index contributed by atoms with van der Waals surface area (Å²) in [5.41, 5.74) is 0.511. The van der Waals surface area contributed by atoms with Gasteiger partial charge in [0.2, 0.25) is 0 Å². The van der Waals surface area contributed by atoms with Crippen LogP contribution in [0, 0.1) is 22.7 Å². The third-order valence-electron chi connectivity index (χ3n) is 6.02. The maximum Gasteiger partial charge on any atom is 0.0704 e. The molecule has 3 fully saturated rings. The zero-order valence-corrected chi connectivity index (χ0v) is 10.3. The topological polar surface area (TPSA) is 20.2 Å². The second-order valence-corrected chi connectivity index (χ2v) is 7.43. The number of hydrogen-bond donors (Lipinski definition) is 1. The highest BCUT2D eigenvalue weighted by atomic mass is 16.3. The molecule has 0 aromatic rings. The van der Waals surface area contributed by atoms with Crippen molar-refractivity contribution in [2.45, 2.75) is 64.9 Å². The Morgan fingerprint density at radius 3 is 2.33 bits per heavy atom. The van der Waals surface area contributed by atoms with Gasteiger partial charge in [-0.3, -0.25) is 0 Å². The van der Waals surface area contributed by atoms with Crippen LogP contribution >= 0.6 is 0 Å². The second kappa shape index (κ2) is 2.61. The fraction of sp³-hybridized carbons (Fsp3) is 1.00. The fourth-order valence-electron chi connectivity index (χ4n) is 4.92. The predicted molar refractivity (Wildman–Crippen MR) is 61.5 cm³/mol. The van der Waals surface area contributed by atoms with Crippen molar-refractivity contribution in [3.63, 3.8) is 0 Å². The van der Waals surface area contributed by atoms with Crippen LogP contribution in [-0.4, -0.2) is 10.7 Å². The van der Waals surface area contributed by atoms with Gasteiger partial charge in [0.25, 0.3) is 0 Å². The molecule has 86 valence electrons. The maximum atomic E-state index is 10.6. The SMILES string of the molecule is CC1(C)C[C@@H]2CC[C@@]3(O)CC[C@@]3(C)[C@@H]2C1. The fourth-order valence-corrected chi connectivity index (χ4v) is 4.92. The molecule has 0 unspecified atom stereocenters. The molecular formula is C14H24O. The largest absolute Gasteiger partial charge is 0.389 e. The van der Waals surface area contributed by atoms with Crippen LogP contribution in [0.5, 0.6) is 0 Å². The number of fused-ring (bicyclic) bond motifs is 3. The van der Waals surface area contributed by atoms with Gasteiger partial charge in [-0.05, 0) is 61.2 Å². The third-order valence-corrected chi connectivity index (χ3v) is 6.02. The molecule has 0 spiro atoms. The van der Waals surface area contributed by atoms with E-state index in [1.54, 1.807) is 0 Å². The van der Waals surface area contributed by atoms with E-state index >= 15 is 0 Å².